The van der Waals surface area contributed by atoms with Crippen molar-refractivity contribution in [3.63, 3.8) is 0 Å². The topological polar surface area (TPSA) is 102 Å². The number of hydrogen-bond acceptors (Lipinski definition) is 6. The van der Waals surface area contributed by atoms with Crippen LogP contribution < -0.4 is 10.6 Å². The fourth-order valence-corrected chi connectivity index (χ4v) is 4.21. The molecule has 0 radical (unpaired) electrons. The van der Waals surface area contributed by atoms with Gasteiger partial charge in [-0.1, -0.05) is 73.7 Å². The Morgan fingerprint density at radius 1 is 0.892 bits per heavy atom. The summed E-state index contributed by atoms with van der Waals surface area (Å²) in [6.45, 7) is 2.09. The third-order valence-electron chi connectivity index (χ3n) is 6.21. The number of nitrogens with one attached hydrogen (secondary N) is 2. The van der Waals surface area contributed by atoms with Crippen LogP contribution in [0.1, 0.15) is 40.9 Å². The van der Waals surface area contributed by atoms with Gasteiger partial charge in [0.05, 0.1) is 23.8 Å². The zero-order valence-electron chi connectivity index (χ0n) is 21.1. The standard InChI is InChI=1S/C29H30N4O4/c1-4-22(20-14-9-6-10-15-20)30-24-25(29(37)33(28(24)36)18-19-12-7-5-8-13-19)31-23-17-11-16-21(26(23)34)27(35)32(2)3/h5-17,22,30-31,34H,4,18H2,1-3H3/t22-/m1/s1. The Bertz CT molecular complexity index is 1340. The van der Waals surface area contributed by atoms with E-state index < -0.39 is 11.8 Å². The minimum Gasteiger partial charge on any atom is -0.505 e. The first-order valence-electron chi connectivity index (χ1n) is 12.1. The van der Waals surface area contributed by atoms with Crippen LogP contribution in [0.25, 0.3) is 0 Å². The average Bonchev–Trinajstić information content (AvgIpc) is 3.12. The van der Waals surface area contributed by atoms with Gasteiger partial charge in [0.25, 0.3) is 17.7 Å². The number of imide groups is 1. The summed E-state index contributed by atoms with van der Waals surface area (Å²) in [5.74, 6) is -1.68. The van der Waals surface area contributed by atoms with E-state index in [4.69, 9.17) is 0 Å². The van der Waals surface area contributed by atoms with Crippen LogP contribution >= 0.6 is 0 Å². The second-order valence-corrected chi connectivity index (χ2v) is 8.97. The van der Waals surface area contributed by atoms with Gasteiger partial charge in [0.2, 0.25) is 0 Å². The van der Waals surface area contributed by atoms with E-state index in [1.54, 1.807) is 26.2 Å². The van der Waals surface area contributed by atoms with E-state index >= 15 is 0 Å². The van der Waals surface area contributed by atoms with E-state index in [9.17, 15) is 19.5 Å². The summed E-state index contributed by atoms with van der Waals surface area (Å²) >= 11 is 0. The Morgan fingerprint density at radius 2 is 1.51 bits per heavy atom. The first-order valence-corrected chi connectivity index (χ1v) is 12.1. The van der Waals surface area contributed by atoms with Crippen molar-refractivity contribution in [1.29, 1.82) is 0 Å². The number of benzene rings is 3. The number of hydrogen-bond donors (Lipinski definition) is 3. The summed E-state index contributed by atoms with van der Waals surface area (Å²) in [5, 5.41) is 17.1. The molecule has 0 aromatic heterocycles. The van der Waals surface area contributed by atoms with Crippen molar-refractivity contribution >= 4 is 23.4 Å². The molecule has 3 aromatic carbocycles. The van der Waals surface area contributed by atoms with E-state index in [-0.39, 0.29) is 46.9 Å². The number of phenols is 1. The summed E-state index contributed by atoms with van der Waals surface area (Å²) in [4.78, 5) is 42.2. The summed E-state index contributed by atoms with van der Waals surface area (Å²) in [6.07, 6.45) is 0.666. The lowest BCUT2D eigenvalue weighted by atomic mass is 10.0. The van der Waals surface area contributed by atoms with Crippen molar-refractivity contribution in [1.82, 2.24) is 15.1 Å². The molecule has 4 rings (SSSR count). The van der Waals surface area contributed by atoms with E-state index in [1.165, 1.54) is 15.9 Å². The molecule has 0 spiro atoms. The summed E-state index contributed by atoms with van der Waals surface area (Å²) in [6, 6.07) is 23.4. The number of anilines is 1. The van der Waals surface area contributed by atoms with Gasteiger partial charge in [0, 0.05) is 14.1 Å². The molecule has 3 N–H and O–H groups in total. The quantitative estimate of drug-likeness (QED) is 0.304. The van der Waals surface area contributed by atoms with Crippen molar-refractivity contribution in [3.8, 4) is 5.75 Å². The van der Waals surface area contributed by atoms with Gasteiger partial charge in [-0.3, -0.25) is 19.3 Å². The maximum absolute atomic E-state index is 13.6. The van der Waals surface area contributed by atoms with Gasteiger partial charge in [-0.25, -0.2) is 0 Å². The minimum atomic E-state index is -0.525. The van der Waals surface area contributed by atoms with E-state index in [1.807, 2.05) is 67.6 Å². The number of rotatable bonds is 9. The molecule has 3 aromatic rings. The Balaban J connectivity index is 1.73. The van der Waals surface area contributed by atoms with Crippen LogP contribution in [0.5, 0.6) is 5.75 Å². The normalized spacial score (nSPS) is 14.1. The molecule has 0 saturated heterocycles. The van der Waals surface area contributed by atoms with Gasteiger partial charge >= 0.3 is 0 Å². The molecule has 1 aliphatic heterocycles. The highest BCUT2D eigenvalue weighted by atomic mass is 16.3. The molecule has 1 atom stereocenters. The number of carbonyl (C=O) groups is 3. The third kappa shape index (κ3) is 5.33. The molecule has 3 amide bonds. The average molecular weight is 499 g/mol. The predicted octanol–water partition coefficient (Wildman–Crippen LogP) is 4.03. The van der Waals surface area contributed by atoms with Gasteiger partial charge in [-0.2, -0.15) is 0 Å². The van der Waals surface area contributed by atoms with Gasteiger partial charge < -0.3 is 20.6 Å². The number of aromatic hydroxyl groups is 1. The monoisotopic (exact) mass is 498 g/mol. The zero-order chi connectivity index (χ0) is 26.5. The predicted molar refractivity (Wildman–Crippen MR) is 141 cm³/mol. The zero-order valence-corrected chi connectivity index (χ0v) is 21.1. The van der Waals surface area contributed by atoms with Crippen LogP contribution in [0.2, 0.25) is 0 Å². The molecule has 0 aliphatic carbocycles. The van der Waals surface area contributed by atoms with Crippen LogP contribution in [0.4, 0.5) is 5.69 Å². The summed E-state index contributed by atoms with van der Waals surface area (Å²) < 4.78 is 0. The lowest BCUT2D eigenvalue weighted by molar-refractivity contribution is -0.138. The second kappa shape index (κ2) is 11.0. The maximum Gasteiger partial charge on any atom is 0.279 e. The summed E-state index contributed by atoms with van der Waals surface area (Å²) in [7, 11) is 3.17. The van der Waals surface area contributed by atoms with Crippen molar-refractivity contribution in [2.75, 3.05) is 19.4 Å². The lowest BCUT2D eigenvalue weighted by Gasteiger charge is -2.20. The van der Waals surface area contributed by atoms with E-state index in [2.05, 4.69) is 10.6 Å². The fraction of sp³-hybridized carbons (Fsp3) is 0.207. The highest BCUT2D eigenvalue weighted by Crippen LogP contribution is 2.33. The Hall–Kier alpha value is -4.59. The van der Waals surface area contributed by atoms with Gasteiger partial charge in [0.15, 0.2) is 5.75 Å². The Morgan fingerprint density at radius 3 is 2.14 bits per heavy atom. The largest absolute Gasteiger partial charge is 0.505 e. The second-order valence-electron chi connectivity index (χ2n) is 8.97. The molecule has 0 fully saturated rings. The number of amides is 3. The SMILES string of the molecule is CC[C@@H](NC1=C(Nc2cccc(C(=O)N(C)C)c2O)C(=O)N(Cc2ccccc2)C1=O)c1ccccc1. The van der Waals surface area contributed by atoms with Gasteiger partial charge in [0.1, 0.15) is 11.4 Å². The number of carbonyl (C=O) groups excluding carboxylic acids is 3. The van der Waals surface area contributed by atoms with Crippen LogP contribution in [-0.4, -0.2) is 46.7 Å². The van der Waals surface area contributed by atoms with Gasteiger partial charge in [-0.15, -0.1) is 0 Å². The molecular weight excluding hydrogens is 468 g/mol. The third-order valence-corrected chi connectivity index (χ3v) is 6.21. The van der Waals surface area contributed by atoms with E-state index in [0.29, 0.717) is 6.42 Å². The van der Waals surface area contributed by atoms with E-state index in [0.717, 1.165) is 11.1 Å². The van der Waals surface area contributed by atoms with Crippen molar-refractivity contribution in [2.24, 2.45) is 0 Å². The summed E-state index contributed by atoms with van der Waals surface area (Å²) in [5.41, 5.74) is 2.14. The first-order chi connectivity index (χ1) is 17.8. The van der Waals surface area contributed by atoms with Gasteiger partial charge in [-0.05, 0) is 29.7 Å². The first kappa shape index (κ1) is 25.5. The molecule has 190 valence electrons. The Labute approximate surface area is 216 Å². The van der Waals surface area contributed by atoms with Crippen molar-refractivity contribution < 1.29 is 19.5 Å². The van der Waals surface area contributed by atoms with Crippen LogP contribution in [-0.2, 0) is 16.1 Å². The van der Waals surface area contributed by atoms with Crippen molar-refractivity contribution in [3.05, 3.63) is 107 Å². The molecule has 0 saturated carbocycles. The molecular formula is C29H30N4O4. The van der Waals surface area contributed by atoms with Crippen LogP contribution in [0.3, 0.4) is 0 Å². The molecule has 1 aliphatic rings. The molecule has 0 unspecified atom stereocenters. The maximum atomic E-state index is 13.6. The minimum absolute atomic E-state index is 0.0139. The highest BCUT2D eigenvalue weighted by Gasteiger charge is 2.40. The fourth-order valence-electron chi connectivity index (χ4n) is 4.21. The molecule has 0 bridgehead atoms. The number of nitrogens with zero attached hydrogens (tertiary/aromatic N) is 2. The number of para-hydroxylation sites is 1. The van der Waals surface area contributed by atoms with Crippen LogP contribution in [0, 0.1) is 0 Å². The molecule has 37 heavy (non-hydrogen) atoms. The molecule has 8 nitrogen and oxygen atoms in total. The highest BCUT2D eigenvalue weighted by molar-refractivity contribution is 6.20. The van der Waals surface area contributed by atoms with Crippen LogP contribution in [0.15, 0.2) is 90.3 Å². The van der Waals surface area contributed by atoms with Crippen molar-refractivity contribution in [2.45, 2.75) is 25.9 Å². The smallest absolute Gasteiger partial charge is 0.279 e. The lowest BCUT2D eigenvalue weighted by Crippen LogP contribution is -2.34. The number of phenolic OH excluding ortho intramolecular Hbond substituents is 1. The molecule has 1 heterocycles. The molecule has 8 heteroatoms. The Kier molecular flexibility index (Phi) is 7.57.